The van der Waals surface area contributed by atoms with Crippen molar-refractivity contribution in [2.75, 3.05) is 14.2 Å². The number of benzene rings is 2. The fraction of sp³-hybridized carbons (Fsp3) is 0.263. The van der Waals surface area contributed by atoms with Crippen molar-refractivity contribution in [1.29, 1.82) is 0 Å². The molecule has 0 fully saturated rings. The van der Waals surface area contributed by atoms with E-state index < -0.39 is 0 Å². The van der Waals surface area contributed by atoms with Crippen molar-refractivity contribution in [3.05, 3.63) is 59.2 Å². The lowest BCUT2D eigenvalue weighted by Crippen LogP contribution is -2.17. The van der Waals surface area contributed by atoms with E-state index in [1.54, 1.807) is 24.4 Å². The highest BCUT2D eigenvalue weighted by atomic mass is 16.5. The fourth-order valence-corrected chi connectivity index (χ4v) is 2.14. The Morgan fingerprint density at radius 1 is 1.04 bits per heavy atom. The number of carbonyl (C=O) groups excluding carboxylic acids is 1. The second-order valence-corrected chi connectivity index (χ2v) is 5.62. The molecule has 1 amide bonds. The first kappa shape index (κ1) is 17.5. The summed E-state index contributed by atoms with van der Waals surface area (Å²) in [5.74, 6) is 1.25. The standard InChI is InChI=1S/C19H22N2O3/c1-13(2)15-7-5-14(6-8-15)12-20-21-19(22)16-9-17(23-3)11-18(10-16)24-4/h5-13H,1-4H3,(H,21,22). The van der Waals surface area contributed by atoms with Crippen LogP contribution in [0.5, 0.6) is 11.5 Å². The van der Waals surface area contributed by atoms with Crippen LogP contribution in [0, 0.1) is 0 Å². The molecule has 2 aromatic rings. The number of carbonyl (C=O) groups is 1. The van der Waals surface area contributed by atoms with E-state index in [1.807, 2.05) is 12.1 Å². The zero-order chi connectivity index (χ0) is 17.5. The predicted octanol–water partition coefficient (Wildman–Crippen LogP) is 3.59. The SMILES string of the molecule is COc1cc(OC)cc(C(=O)NN=Cc2ccc(C(C)C)cc2)c1. The average Bonchev–Trinajstić information content (AvgIpc) is 2.61. The van der Waals surface area contributed by atoms with Gasteiger partial charge in [-0.15, -0.1) is 0 Å². The van der Waals surface area contributed by atoms with E-state index in [-0.39, 0.29) is 5.91 Å². The summed E-state index contributed by atoms with van der Waals surface area (Å²) < 4.78 is 10.3. The monoisotopic (exact) mass is 326 g/mol. The molecule has 5 nitrogen and oxygen atoms in total. The molecule has 5 heteroatoms. The highest BCUT2D eigenvalue weighted by Gasteiger charge is 2.09. The predicted molar refractivity (Wildman–Crippen MR) is 95.1 cm³/mol. The van der Waals surface area contributed by atoms with Crippen LogP contribution in [0.4, 0.5) is 0 Å². The Morgan fingerprint density at radius 3 is 2.12 bits per heavy atom. The zero-order valence-corrected chi connectivity index (χ0v) is 14.4. The molecule has 0 atom stereocenters. The summed E-state index contributed by atoms with van der Waals surface area (Å²) in [6.45, 7) is 4.29. The van der Waals surface area contributed by atoms with Crippen LogP contribution in [0.1, 0.15) is 41.3 Å². The van der Waals surface area contributed by atoms with Crippen LogP contribution in [0.25, 0.3) is 0 Å². The summed E-state index contributed by atoms with van der Waals surface area (Å²) >= 11 is 0. The number of rotatable bonds is 6. The van der Waals surface area contributed by atoms with Crippen molar-refractivity contribution in [3.63, 3.8) is 0 Å². The lowest BCUT2D eigenvalue weighted by Gasteiger charge is -2.07. The van der Waals surface area contributed by atoms with Gasteiger partial charge in [0.25, 0.3) is 5.91 Å². The van der Waals surface area contributed by atoms with Crippen molar-refractivity contribution in [3.8, 4) is 11.5 Å². The van der Waals surface area contributed by atoms with Crippen molar-refractivity contribution >= 4 is 12.1 Å². The summed E-state index contributed by atoms with van der Waals surface area (Å²) in [4.78, 5) is 12.2. The van der Waals surface area contributed by atoms with E-state index in [0.717, 1.165) is 5.56 Å². The lowest BCUT2D eigenvalue weighted by atomic mass is 10.0. The number of nitrogens with zero attached hydrogens (tertiary/aromatic N) is 1. The number of ether oxygens (including phenoxy) is 2. The van der Waals surface area contributed by atoms with E-state index in [9.17, 15) is 4.79 Å². The van der Waals surface area contributed by atoms with Gasteiger partial charge in [-0.25, -0.2) is 5.43 Å². The van der Waals surface area contributed by atoms with Gasteiger partial charge in [0.15, 0.2) is 0 Å². The number of nitrogens with one attached hydrogen (secondary N) is 1. The number of hydrogen-bond donors (Lipinski definition) is 1. The van der Waals surface area contributed by atoms with Gasteiger partial charge >= 0.3 is 0 Å². The molecule has 0 bridgehead atoms. The van der Waals surface area contributed by atoms with Crippen LogP contribution in [-0.2, 0) is 0 Å². The Labute approximate surface area is 142 Å². The summed E-state index contributed by atoms with van der Waals surface area (Å²) in [6, 6.07) is 13.0. The van der Waals surface area contributed by atoms with E-state index in [0.29, 0.717) is 23.0 Å². The number of hydrogen-bond acceptors (Lipinski definition) is 4. The molecular weight excluding hydrogens is 304 g/mol. The van der Waals surface area contributed by atoms with Gasteiger partial charge in [-0.2, -0.15) is 5.10 Å². The summed E-state index contributed by atoms with van der Waals surface area (Å²) in [6.07, 6.45) is 1.61. The minimum absolute atomic E-state index is 0.331. The van der Waals surface area contributed by atoms with Crippen LogP contribution in [0.15, 0.2) is 47.6 Å². The highest BCUT2D eigenvalue weighted by Crippen LogP contribution is 2.22. The molecule has 0 spiro atoms. The topological polar surface area (TPSA) is 59.9 Å². The molecule has 0 aliphatic rings. The molecule has 126 valence electrons. The smallest absolute Gasteiger partial charge is 0.271 e. The quantitative estimate of drug-likeness (QED) is 0.652. The summed E-state index contributed by atoms with van der Waals surface area (Å²) in [5, 5.41) is 4.00. The van der Waals surface area contributed by atoms with Crippen molar-refractivity contribution in [1.82, 2.24) is 5.43 Å². The van der Waals surface area contributed by atoms with Crippen LogP contribution >= 0.6 is 0 Å². The number of methoxy groups -OCH3 is 2. The Kier molecular flexibility index (Phi) is 5.95. The Hall–Kier alpha value is -2.82. The molecule has 2 rings (SSSR count). The molecule has 0 saturated carbocycles. The Morgan fingerprint density at radius 2 is 1.62 bits per heavy atom. The van der Waals surface area contributed by atoms with Gasteiger partial charge in [0.2, 0.25) is 0 Å². The maximum absolute atomic E-state index is 12.2. The van der Waals surface area contributed by atoms with Gasteiger partial charge in [-0.1, -0.05) is 38.1 Å². The first-order valence-corrected chi connectivity index (χ1v) is 7.70. The third-order valence-corrected chi connectivity index (χ3v) is 3.60. The fourth-order valence-electron chi connectivity index (χ4n) is 2.14. The van der Waals surface area contributed by atoms with Crippen LogP contribution in [0.2, 0.25) is 0 Å². The molecule has 2 aromatic carbocycles. The first-order chi connectivity index (χ1) is 11.5. The molecule has 0 heterocycles. The molecule has 0 aliphatic carbocycles. The minimum atomic E-state index is -0.331. The maximum Gasteiger partial charge on any atom is 0.271 e. The summed E-state index contributed by atoms with van der Waals surface area (Å²) in [7, 11) is 3.07. The zero-order valence-electron chi connectivity index (χ0n) is 14.4. The van der Waals surface area contributed by atoms with Gasteiger partial charge in [-0.3, -0.25) is 4.79 Å². The van der Waals surface area contributed by atoms with Gasteiger partial charge in [0, 0.05) is 11.6 Å². The minimum Gasteiger partial charge on any atom is -0.497 e. The van der Waals surface area contributed by atoms with E-state index in [2.05, 4.69) is 36.5 Å². The van der Waals surface area contributed by atoms with E-state index in [1.165, 1.54) is 19.8 Å². The largest absolute Gasteiger partial charge is 0.497 e. The average molecular weight is 326 g/mol. The first-order valence-electron chi connectivity index (χ1n) is 7.70. The molecule has 0 unspecified atom stereocenters. The van der Waals surface area contributed by atoms with Crippen molar-refractivity contribution in [2.45, 2.75) is 19.8 Å². The molecule has 0 saturated heterocycles. The van der Waals surface area contributed by atoms with Crippen molar-refractivity contribution < 1.29 is 14.3 Å². The third-order valence-electron chi connectivity index (χ3n) is 3.60. The number of hydrazone groups is 1. The van der Waals surface area contributed by atoms with Gasteiger partial charge in [0.1, 0.15) is 11.5 Å². The van der Waals surface area contributed by atoms with Crippen molar-refractivity contribution in [2.24, 2.45) is 5.10 Å². The van der Waals surface area contributed by atoms with Gasteiger partial charge in [-0.05, 0) is 29.2 Å². The summed E-state index contributed by atoms with van der Waals surface area (Å²) in [5.41, 5.74) is 5.11. The Bertz CT molecular complexity index is 700. The lowest BCUT2D eigenvalue weighted by molar-refractivity contribution is 0.0954. The van der Waals surface area contributed by atoms with Crippen LogP contribution in [0.3, 0.4) is 0 Å². The second kappa shape index (κ2) is 8.15. The normalized spacial score (nSPS) is 10.9. The molecular formula is C19H22N2O3. The van der Waals surface area contributed by atoms with Gasteiger partial charge in [0.05, 0.1) is 20.4 Å². The maximum atomic E-state index is 12.2. The molecule has 24 heavy (non-hydrogen) atoms. The second-order valence-electron chi connectivity index (χ2n) is 5.62. The van der Waals surface area contributed by atoms with Gasteiger partial charge < -0.3 is 9.47 Å². The van der Waals surface area contributed by atoms with Crippen LogP contribution in [-0.4, -0.2) is 26.3 Å². The molecule has 1 N–H and O–H groups in total. The molecule has 0 aliphatic heterocycles. The number of amides is 1. The van der Waals surface area contributed by atoms with Crippen LogP contribution < -0.4 is 14.9 Å². The highest BCUT2D eigenvalue weighted by molar-refractivity contribution is 5.95. The molecule has 0 radical (unpaired) electrons. The Balaban J connectivity index is 2.04. The van der Waals surface area contributed by atoms with E-state index >= 15 is 0 Å². The molecule has 0 aromatic heterocycles. The van der Waals surface area contributed by atoms with E-state index in [4.69, 9.17) is 9.47 Å². The third kappa shape index (κ3) is 4.59.